The van der Waals surface area contributed by atoms with E-state index in [1.807, 2.05) is 30.3 Å². The number of hydrogen-bond donors (Lipinski definition) is 1. The maximum absolute atomic E-state index is 12.4. The van der Waals surface area contributed by atoms with E-state index in [9.17, 15) is 4.79 Å². The Kier molecular flexibility index (Phi) is 3.45. The molecule has 2 N–H and O–H groups in total. The first kappa shape index (κ1) is 13.4. The van der Waals surface area contributed by atoms with Crippen LogP contribution in [0.5, 0.6) is 0 Å². The van der Waals surface area contributed by atoms with Crippen molar-refractivity contribution in [3.63, 3.8) is 0 Å². The normalized spacial score (nSPS) is 10.7. The Morgan fingerprint density at radius 3 is 2.67 bits per heavy atom. The van der Waals surface area contributed by atoms with Crippen LogP contribution in [-0.2, 0) is 6.54 Å². The van der Waals surface area contributed by atoms with Gasteiger partial charge < -0.3 is 5.73 Å². The summed E-state index contributed by atoms with van der Waals surface area (Å²) in [6.07, 6.45) is 0. The summed E-state index contributed by atoms with van der Waals surface area (Å²) in [7, 11) is 0. The molecule has 0 spiro atoms. The summed E-state index contributed by atoms with van der Waals surface area (Å²) < 4.78 is 1.32. The van der Waals surface area contributed by atoms with Gasteiger partial charge in [-0.25, -0.2) is 4.68 Å². The summed E-state index contributed by atoms with van der Waals surface area (Å²) in [5, 5.41) is 8.58. The van der Waals surface area contributed by atoms with Gasteiger partial charge in [-0.3, -0.25) is 4.79 Å². The molecule has 0 amide bonds. The van der Waals surface area contributed by atoms with Crippen LogP contribution in [0.3, 0.4) is 0 Å². The summed E-state index contributed by atoms with van der Waals surface area (Å²) in [4.78, 5) is 12.7. The van der Waals surface area contributed by atoms with Gasteiger partial charge in [-0.05, 0) is 17.7 Å². The smallest absolute Gasteiger partial charge is 0.277 e. The van der Waals surface area contributed by atoms with Gasteiger partial charge in [-0.15, -0.1) is 5.10 Å². The van der Waals surface area contributed by atoms with Gasteiger partial charge in [0.25, 0.3) is 5.56 Å². The van der Waals surface area contributed by atoms with E-state index in [1.165, 1.54) is 4.68 Å². The zero-order valence-electron chi connectivity index (χ0n) is 11.1. The maximum Gasteiger partial charge on any atom is 0.277 e. The third-order valence-corrected chi connectivity index (χ3v) is 3.45. The number of aromatic nitrogens is 3. The molecule has 2 aromatic carbocycles. The van der Waals surface area contributed by atoms with Gasteiger partial charge in [0.1, 0.15) is 10.5 Å². The van der Waals surface area contributed by atoms with Crippen molar-refractivity contribution in [2.45, 2.75) is 6.54 Å². The quantitative estimate of drug-likeness (QED) is 0.741. The van der Waals surface area contributed by atoms with E-state index in [-0.39, 0.29) is 12.1 Å². The lowest BCUT2D eigenvalue weighted by Crippen LogP contribution is -2.26. The third kappa shape index (κ3) is 2.53. The lowest BCUT2D eigenvalue weighted by Gasteiger charge is -2.09. The average molecular weight is 296 g/mol. The topological polar surface area (TPSA) is 73.8 Å². The molecular weight excluding hydrogens is 284 g/mol. The van der Waals surface area contributed by atoms with Crippen molar-refractivity contribution < 1.29 is 0 Å². The van der Waals surface area contributed by atoms with Crippen LogP contribution in [-0.4, -0.2) is 20.0 Å². The molecule has 0 aliphatic carbocycles. The molecule has 104 valence electrons. The van der Waals surface area contributed by atoms with Crippen molar-refractivity contribution in [3.05, 3.63) is 70.0 Å². The fraction of sp³-hybridized carbons (Fsp3) is 0.0667. The Labute approximate surface area is 126 Å². The lowest BCUT2D eigenvalue weighted by molar-refractivity contribution is 0.600. The fourth-order valence-electron chi connectivity index (χ4n) is 2.19. The zero-order valence-corrected chi connectivity index (χ0v) is 11.9. The van der Waals surface area contributed by atoms with Gasteiger partial charge in [0.05, 0.1) is 11.9 Å². The van der Waals surface area contributed by atoms with Gasteiger partial charge in [0.15, 0.2) is 0 Å². The van der Waals surface area contributed by atoms with Gasteiger partial charge in [0.2, 0.25) is 0 Å². The number of benzene rings is 2. The van der Waals surface area contributed by atoms with Gasteiger partial charge in [-0.1, -0.05) is 53.8 Å². The molecular formula is C15H12N4OS. The van der Waals surface area contributed by atoms with E-state index in [0.717, 1.165) is 11.1 Å². The molecule has 3 rings (SSSR count). The van der Waals surface area contributed by atoms with E-state index in [0.29, 0.717) is 15.9 Å². The van der Waals surface area contributed by atoms with Crippen LogP contribution in [0.2, 0.25) is 0 Å². The number of nitrogens with zero attached hydrogens (tertiary/aromatic N) is 3. The van der Waals surface area contributed by atoms with Crippen molar-refractivity contribution in [3.8, 4) is 0 Å². The molecule has 6 heteroatoms. The monoisotopic (exact) mass is 296 g/mol. The first-order valence-corrected chi connectivity index (χ1v) is 6.78. The first-order valence-electron chi connectivity index (χ1n) is 6.37. The Balaban J connectivity index is 2.09. The molecule has 0 bridgehead atoms. The Bertz CT molecular complexity index is 888. The van der Waals surface area contributed by atoms with Gasteiger partial charge in [0, 0.05) is 5.56 Å². The van der Waals surface area contributed by atoms with Crippen molar-refractivity contribution >= 4 is 28.1 Å². The van der Waals surface area contributed by atoms with Crippen LogP contribution < -0.4 is 11.3 Å². The summed E-state index contributed by atoms with van der Waals surface area (Å²) in [5.41, 5.74) is 7.70. The maximum atomic E-state index is 12.4. The average Bonchev–Trinajstić information content (AvgIpc) is 2.51. The molecule has 21 heavy (non-hydrogen) atoms. The summed E-state index contributed by atoms with van der Waals surface area (Å²) in [6.45, 7) is 0.282. The molecule has 0 aliphatic rings. The van der Waals surface area contributed by atoms with Crippen LogP contribution in [0.4, 0.5) is 0 Å². The molecule has 0 atom stereocenters. The second-order valence-corrected chi connectivity index (χ2v) is 5.03. The standard InChI is InChI=1S/C15H12N4OS/c16-14(21)11-6-2-1-5-10(11)9-19-15(20)12-7-3-4-8-13(12)17-18-19/h1-8H,9H2,(H2,16,21). The Morgan fingerprint density at radius 1 is 1.14 bits per heavy atom. The second kappa shape index (κ2) is 5.41. The van der Waals surface area contributed by atoms with E-state index in [2.05, 4.69) is 10.3 Å². The number of fused-ring (bicyclic) bond motifs is 1. The summed E-state index contributed by atoms with van der Waals surface area (Å²) in [5.74, 6) is 0. The summed E-state index contributed by atoms with van der Waals surface area (Å²) >= 11 is 5.03. The number of hydrogen-bond acceptors (Lipinski definition) is 4. The highest BCUT2D eigenvalue weighted by molar-refractivity contribution is 7.80. The predicted octanol–water partition coefficient (Wildman–Crippen LogP) is 1.47. The number of thiocarbonyl (C=S) groups is 1. The van der Waals surface area contributed by atoms with Crippen molar-refractivity contribution in [2.75, 3.05) is 0 Å². The van der Waals surface area contributed by atoms with Gasteiger partial charge in [-0.2, -0.15) is 0 Å². The SMILES string of the molecule is NC(=S)c1ccccc1Cn1nnc2ccccc2c1=O. The fourth-order valence-corrected chi connectivity index (χ4v) is 2.39. The van der Waals surface area contributed by atoms with Crippen LogP contribution in [0, 0.1) is 0 Å². The molecule has 0 saturated heterocycles. The third-order valence-electron chi connectivity index (χ3n) is 3.23. The van der Waals surface area contributed by atoms with E-state index < -0.39 is 0 Å². The lowest BCUT2D eigenvalue weighted by atomic mass is 10.1. The largest absolute Gasteiger partial charge is 0.389 e. The molecule has 0 radical (unpaired) electrons. The van der Waals surface area contributed by atoms with Crippen molar-refractivity contribution in [1.29, 1.82) is 0 Å². The molecule has 5 nitrogen and oxygen atoms in total. The predicted molar refractivity (Wildman–Crippen MR) is 85.2 cm³/mol. The minimum Gasteiger partial charge on any atom is -0.389 e. The number of nitrogens with two attached hydrogens (primary N) is 1. The van der Waals surface area contributed by atoms with Crippen LogP contribution >= 0.6 is 12.2 Å². The molecule has 0 aliphatic heterocycles. The second-order valence-electron chi connectivity index (χ2n) is 4.59. The number of rotatable bonds is 3. The van der Waals surface area contributed by atoms with E-state index >= 15 is 0 Å². The minimum atomic E-state index is -0.182. The van der Waals surface area contributed by atoms with Crippen LogP contribution in [0.1, 0.15) is 11.1 Å². The molecule has 1 heterocycles. The van der Waals surface area contributed by atoms with Gasteiger partial charge >= 0.3 is 0 Å². The van der Waals surface area contributed by atoms with E-state index in [1.54, 1.807) is 18.2 Å². The Hall–Kier alpha value is -2.60. The molecule has 0 fully saturated rings. The first-order chi connectivity index (χ1) is 10.2. The minimum absolute atomic E-state index is 0.182. The van der Waals surface area contributed by atoms with Crippen LogP contribution in [0.15, 0.2) is 53.3 Å². The summed E-state index contributed by atoms with van der Waals surface area (Å²) in [6, 6.07) is 14.6. The van der Waals surface area contributed by atoms with Crippen molar-refractivity contribution in [1.82, 2.24) is 15.0 Å². The van der Waals surface area contributed by atoms with Crippen molar-refractivity contribution in [2.24, 2.45) is 5.73 Å². The van der Waals surface area contributed by atoms with Crippen LogP contribution in [0.25, 0.3) is 10.9 Å². The highest BCUT2D eigenvalue weighted by Crippen LogP contribution is 2.10. The zero-order chi connectivity index (χ0) is 14.8. The molecule has 3 aromatic rings. The highest BCUT2D eigenvalue weighted by atomic mass is 32.1. The molecule has 0 unspecified atom stereocenters. The Morgan fingerprint density at radius 2 is 1.86 bits per heavy atom. The van der Waals surface area contributed by atoms with E-state index in [4.69, 9.17) is 18.0 Å². The molecule has 0 saturated carbocycles. The highest BCUT2D eigenvalue weighted by Gasteiger charge is 2.09. The molecule has 1 aromatic heterocycles.